The topological polar surface area (TPSA) is 17.1 Å². The van der Waals surface area contributed by atoms with Gasteiger partial charge in [0.25, 0.3) is 0 Å². The zero-order valence-corrected chi connectivity index (χ0v) is 8.47. The number of carbonyl (C=O) groups excluding carboxylic acids is 1. The second-order valence-electron chi connectivity index (χ2n) is 3.17. The van der Waals surface area contributed by atoms with E-state index in [1.54, 1.807) is 6.07 Å². The van der Waals surface area contributed by atoms with E-state index in [4.69, 9.17) is 0 Å². The third kappa shape index (κ3) is 1.53. The molecule has 0 unspecified atom stereocenters. The molecular weight excluding hydrogens is 235 g/mol. The monoisotopic (exact) mass is 242 g/mol. The smallest absolute Gasteiger partial charge is 0.176 e. The number of carbonyl (C=O) groups is 1. The number of hydrogen-bond acceptors (Lipinski definition) is 1. The van der Waals surface area contributed by atoms with Crippen molar-refractivity contribution in [1.82, 2.24) is 0 Å². The molecule has 0 spiro atoms. The Labute approximate surface area is 84.1 Å². The molecule has 0 N–H and O–H groups in total. The van der Waals surface area contributed by atoms with Crippen molar-refractivity contribution in [2.75, 3.05) is 0 Å². The molecule has 0 aliphatic heterocycles. The minimum absolute atomic E-state index is 0.0706. The van der Waals surface area contributed by atoms with Crippen LogP contribution in [0.4, 0.5) is 4.39 Å². The van der Waals surface area contributed by atoms with E-state index in [0.717, 1.165) is 18.4 Å². The van der Waals surface area contributed by atoms with E-state index in [2.05, 4.69) is 15.9 Å². The molecule has 0 amide bonds. The largest absolute Gasteiger partial charge is 0.293 e. The molecule has 2 rings (SSSR count). The number of hydrogen-bond donors (Lipinski definition) is 0. The average Bonchev–Trinajstić information content (AvgIpc) is 2.12. The van der Waals surface area contributed by atoms with Gasteiger partial charge in [0.1, 0.15) is 5.82 Å². The summed E-state index contributed by atoms with van der Waals surface area (Å²) in [5.74, 6) is -0.194. The third-order valence-corrected chi connectivity index (χ3v) is 3.16. The fraction of sp³-hybridized carbons (Fsp3) is 0.300. The molecule has 0 saturated carbocycles. The fourth-order valence-corrected chi connectivity index (χ4v) is 2.07. The molecule has 0 aromatic heterocycles. The molecule has 1 atom stereocenters. The zero-order chi connectivity index (χ0) is 9.42. The number of rotatable bonds is 0. The van der Waals surface area contributed by atoms with Gasteiger partial charge in [0.15, 0.2) is 5.78 Å². The highest BCUT2D eigenvalue weighted by atomic mass is 79.9. The lowest BCUT2D eigenvalue weighted by molar-refractivity contribution is 0.0981. The normalized spacial score (nSPS) is 21.4. The van der Waals surface area contributed by atoms with Crippen LogP contribution in [0.25, 0.3) is 0 Å². The summed E-state index contributed by atoms with van der Waals surface area (Å²) in [6, 6.07) is 4.36. The van der Waals surface area contributed by atoms with Gasteiger partial charge in [-0.25, -0.2) is 4.39 Å². The third-order valence-electron chi connectivity index (χ3n) is 2.28. The minimum atomic E-state index is -0.264. The summed E-state index contributed by atoms with van der Waals surface area (Å²) < 4.78 is 12.8. The Balaban J connectivity index is 2.50. The van der Waals surface area contributed by atoms with Gasteiger partial charge in [-0.1, -0.05) is 15.9 Å². The average molecular weight is 243 g/mol. The predicted octanol–water partition coefficient (Wildman–Crippen LogP) is 2.72. The standard InChI is InChI=1S/C10H8BrFO/c11-9-4-1-6-5-7(12)2-3-8(6)10(9)13/h2-3,5,9H,1,4H2/t9-/m1/s1. The predicted molar refractivity (Wildman–Crippen MR) is 51.8 cm³/mol. The Hall–Kier alpha value is -0.700. The van der Waals surface area contributed by atoms with Crippen LogP contribution in [0.3, 0.4) is 0 Å². The summed E-state index contributed by atoms with van der Waals surface area (Å²) in [5, 5.41) is 0. The van der Waals surface area contributed by atoms with E-state index in [1.807, 2.05) is 0 Å². The molecule has 3 heteroatoms. The molecule has 1 aliphatic rings. The molecule has 0 radical (unpaired) electrons. The number of aryl methyl sites for hydroxylation is 1. The minimum Gasteiger partial charge on any atom is -0.293 e. The van der Waals surface area contributed by atoms with Crippen LogP contribution in [0.2, 0.25) is 0 Å². The molecule has 1 aromatic rings. The van der Waals surface area contributed by atoms with E-state index in [-0.39, 0.29) is 16.4 Å². The number of Topliss-reactive ketones (excluding diaryl/α,β-unsaturated/α-hetero) is 1. The van der Waals surface area contributed by atoms with Crippen molar-refractivity contribution in [2.24, 2.45) is 0 Å². The first-order chi connectivity index (χ1) is 6.18. The second-order valence-corrected chi connectivity index (χ2v) is 4.28. The molecule has 0 fully saturated rings. The molecular formula is C10H8BrFO. The molecule has 0 heterocycles. The van der Waals surface area contributed by atoms with Crippen LogP contribution in [-0.2, 0) is 6.42 Å². The molecule has 13 heavy (non-hydrogen) atoms. The van der Waals surface area contributed by atoms with E-state index >= 15 is 0 Å². The van der Waals surface area contributed by atoms with Gasteiger partial charge < -0.3 is 0 Å². The van der Waals surface area contributed by atoms with Crippen LogP contribution in [0.15, 0.2) is 18.2 Å². The second kappa shape index (κ2) is 3.22. The van der Waals surface area contributed by atoms with E-state index in [1.165, 1.54) is 12.1 Å². The summed E-state index contributed by atoms with van der Waals surface area (Å²) in [6.45, 7) is 0. The summed E-state index contributed by atoms with van der Waals surface area (Å²) >= 11 is 3.30. The van der Waals surface area contributed by atoms with E-state index in [0.29, 0.717) is 5.56 Å². The summed E-state index contributed by atoms with van der Waals surface area (Å²) in [4.78, 5) is 11.5. The Morgan fingerprint density at radius 2 is 2.23 bits per heavy atom. The Morgan fingerprint density at radius 1 is 1.46 bits per heavy atom. The van der Waals surface area contributed by atoms with Gasteiger partial charge in [-0.2, -0.15) is 0 Å². The van der Waals surface area contributed by atoms with Crippen LogP contribution in [-0.4, -0.2) is 10.6 Å². The number of fused-ring (bicyclic) bond motifs is 1. The van der Waals surface area contributed by atoms with Crippen molar-refractivity contribution < 1.29 is 9.18 Å². The van der Waals surface area contributed by atoms with E-state index in [9.17, 15) is 9.18 Å². The lowest BCUT2D eigenvalue weighted by Gasteiger charge is -2.18. The van der Waals surface area contributed by atoms with Gasteiger partial charge in [-0.05, 0) is 36.6 Å². The first-order valence-electron chi connectivity index (χ1n) is 4.15. The zero-order valence-electron chi connectivity index (χ0n) is 6.89. The van der Waals surface area contributed by atoms with Crippen molar-refractivity contribution in [2.45, 2.75) is 17.7 Å². The van der Waals surface area contributed by atoms with Crippen molar-refractivity contribution in [1.29, 1.82) is 0 Å². The van der Waals surface area contributed by atoms with Gasteiger partial charge in [0.05, 0.1) is 4.83 Å². The van der Waals surface area contributed by atoms with Crippen LogP contribution in [0, 0.1) is 5.82 Å². The van der Waals surface area contributed by atoms with E-state index < -0.39 is 0 Å². The number of halogens is 2. The number of benzene rings is 1. The molecule has 1 aromatic carbocycles. The molecule has 0 bridgehead atoms. The number of alkyl halides is 1. The van der Waals surface area contributed by atoms with Crippen LogP contribution in [0.1, 0.15) is 22.3 Å². The Kier molecular flexibility index (Phi) is 2.20. The van der Waals surface area contributed by atoms with Crippen LogP contribution < -0.4 is 0 Å². The lowest BCUT2D eigenvalue weighted by Crippen LogP contribution is -2.22. The van der Waals surface area contributed by atoms with Crippen LogP contribution in [0.5, 0.6) is 0 Å². The maximum Gasteiger partial charge on any atom is 0.176 e. The van der Waals surface area contributed by atoms with Crippen molar-refractivity contribution >= 4 is 21.7 Å². The highest BCUT2D eigenvalue weighted by Gasteiger charge is 2.24. The van der Waals surface area contributed by atoms with Crippen molar-refractivity contribution in [3.05, 3.63) is 35.1 Å². The molecule has 1 nitrogen and oxygen atoms in total. The SMILES string of the molecule is O=C1c2ccc(F)cc2CC[C@H]1Br. The van der Waals surface area contributed by atoms with Crippen LogP contribution >= 0.6 is 15.9 Å². The summed E-state index contributed by atoms with van der Waals surface area (Å²) in [5.41, 5.74) is 1.50. The van der Waals surface area contributed by atoms with Gasteiger partial charge in [-0.15, -0.1) is 0 Å². The highest BCUT2D eigenvalue weighted by Crippen LogP contribution is 2.26. The van der Waals surface area contributed by atoms with Crippen molar-refractivity contribution in [3.8, 4) is 0 Å². The van der Waals surface area contributed by atoms with Gasteiger partial charge >= 0.3 is 0 Å². The molecule has 68 valence electrons. The van der Waals surface area contributed by atoms with Crippen molar-refractivity contribution in [3.63, 3.8) is 0 Å². The lowest BCUT2D eigenvalue weighted by atomic mass is 9.91. The van der Waals surface area contributed by atoms with Gasteiger partial charge in [0, 0.05) is 5.56 Å². The maximum absolute atomic E-state index is 12.8. The molecule has 0 saturated heterocycles. The Bertz CT molecular complexity index is 362. The molecule has 1 aliphatic carbocycles. The van der Waals surface area contributed by atoms with Gasteiger partial charge in [0.2, 0.25) is 0 Å². The summed E-state index contributed by atoms with van der Waals surface area (Å²) in [7, 11) is 0. The summed E-state index contributed by atoms with van der Waals surface area (Å²) in [6.07, 6.45) is 1.53. The Morgan fingerprint density at radius 3 is 3.00 bits per heavy atom. The quantitative estimate of drug-likeness (QED) is 0.640. The first kappa shape index (κ1) is 8.88. The first-order valence-corrected chi connectivity index (χ1v) is 5.07. The van der Waals surface area contributed by atoms with Gasteiger partial charge in [-0.3, -0.25) is 4.79 Å². The fourth-order valence-electron chi connectivity index (χ4n) is 1.59. The number of ketones is 1. The maximum atomic E-state index is 12.8. The highest BCUT2D eigenvalue weighted by molar-refractivity contribution is 9.10.